The quantitative estimate of drug-likeness (QED) is 0.376. The summed E-state index contributed by atoms with van der Waals surface area (Å²) in [5.41, 5.74) is 2.84. The summed E-state index contributed by atoms with van der Waals surface area (Å²) in [6.07, 6.45) is 4.56. The summed E-state index contributed by atoms with van der Waals surface area (Å²) in [6, 6.07) is 16.3. The Bertz CT molecular complexity index is 1170. The third kappa shape index (κ3) is 5.53. The molecule has 3 aromatic rings. The van der Waals surface area contributed by atoms with Crippen molar-refractivity contribution in [1.82, 2.24) is 14.8 Å². The monoisotopic (exact) mass is 477 g/mol. The molecule has 0 bridgehead atoms. The molecule has 1 unspecified atom stereocenters. The molecule has 6 heteroatoms. The van der Waals surface area contributed by atoms with Crippen molar-refractivity contribution in [2.75, 3.05) is 21.2 Å². The molecule has 1 N–H and O–H groups in total. The van der Waals surface area contributed by atoms with Crippen LogP contribution in [0.4, 0.5) is 0 Å². The first-order chi connectivity index (χ1) is 16.7. The molecule has 35 heavy (non-hydrogen) atoms. The fraction of sp³-hybridized carbons (Fsp3) is 0.448. The Kier molecular flexibility index (Phi) is 8.60. The number of likely N-dealkylation sites (N-methyl/N-ethyl adjacent to an activating group) is 1. The Hall–Kier alpha value is -3.28. The van der Waals surface area contributed by atoms with E-state index in [0.717, 1.165) is 53.6 Å². The lowest BCUT2D eigenvalue weighted by molar-refractivity contribution is -0.140. The second-order valence-electron chi connectivity index (χ2n) is 9.51. The second-order valence-corrected chi connectivity index (χ2v) is 9.51. The lowest BCUT2D eigenvalue weighted by Gasteiger charge is -2.36. The molecule has 0 aliphatic carbocycles. The molecular weight excluding hydrogens is 438 g/mol. The number of hydrogen-bond donors (Lipinski definition) is 1. The smallest absolute Gasteiger partial charge is 0.252 e. The molecule has 1 heterocycles. The summed E-state index contributed by atoms with van der Waals surface area (Å²) in [4.78, 5) is 28.1. The molecule has 0 radical (unpaired) electrons. The average molecular weight is 478 g/mol. The molecule has 3 rings (SSSR count). The van der Waals surface area contributed by atoms with Crippen LogP contribution in [0.2, 0.25) is 0 Å². The Morgan fingerprint density at radius 2 is 1.77 bits per heavy atom. The van der Waals surface area contributed by atoms with Crippen LogP contribution in [0.25, 0.3) is 10.9 Å². The number of carbonyl (C=O) groups excluding carboxylic acids is 2. The van der Waals surface area contributed by atoms with E-state index in [9.17, 15) is 9.59 Å². The van der Waals surface area contributed by atoms with Crippen molar-refractivity contribution in [3.8, 4) is 5.75 Å². The molecule has 0 saturated heterocycles. The summed E-state index contributed by atoms with van der Waals surface area (Å²) in [6.45, 7) is 6.37. The van der Waals surface area contributed by atoms with Gasteiger partial charge in [0.25, 0.3) is 5.91 Å². The average Bonchev–Trinajstić information content (AvgIpc) is 3.11. The predicted molar refractivity (Wildman–Crippen MR) is 142 cm³/mol. The standard InChI is InChI=1S/C29H39N3O3/c1-7-8-9-13-18-29(30-22(3)33,28(34)31(4)5)27-21(2)32(20-23-14-11-10-12-15-23)26-17-16-24(35-6)19-25(26)27/h10-12,14-17,19H,7-9,13,18,20H2,1-6H3,(H,30,33). The van der Waals surface area contributed by atoms with Crippen LogP contribution in [0.5, 0.6) is 5.75 Å². The molecule has 188 valence electrons. The van der Waals surface area contributed by atoms with Crippen LogP contribution in [0, 0.1) is 6.92 Å². The van der Waals surface area contributed by atoms with Gasteiger partial charge >= 0.3 is 0 Å². The highest BCUT2D eigenvalue weighted by molar-refractivity contribution is 5.99. The van der Waals surface area contributed by atoms with E-state index in [2.05, 4.69) is 35.9 Å². The molecule has 2 aromatic carbocycles. The zero-order valence-electron chi connectivity index (χ0n) is 22.0. The van der Waals surface area contributed by atoms with Crippen LogP contribution < -0.4 is 10.1 Å². The van der Waals surface area contributed by atoms with Crippen LogP contribution >= 0.6 is 0 Å². The number of nitrogens with zero attached hydrogens (tertiary/aromatic N) is 2. The van der Waals surface area contributed by atoms with Crippen molar-refractivity contribution in [2.24, 2.45) is 0 Å². The van der Waals surface area contributed by atoms with Gasteiger partial charge in [0.2, 0.25) is 5.91 Å². The van der Waals surface area contributed by atoms with Crippen LogP contribution in [0.3, 0.4) is 0 Å². The van der Waals surface area contributed by atoms with Crippen molar-refractivity contribution in [2.45, 2.75) is 65.0 Å². The Morgan fingerprint density at radius 3 is 2.37 bits per heavy atom. The van der Waals surface area contributed by atoms with Gasteiger partial charge in [0.1, 0.15) is 11.3 Å². The number of aromatic nitrogens is 1. The van der Waals surface area contributed by atoms with Gasteiger partial charge in [-0.15, -0.1) is 0 Å². The molecule has 1 atom stereocenters. The zero-order chi connectivity index (χ0) is 25.6. The Morgan fingerprint density at radius 1 is 1.06 bits per heavy atom. The molecule has 0 fully saturated rings. The number of amides is 2. The molecule has 0 aliphatic rings. The number of ether oxygens (including phenoxy) is 1. The first-order valence-electron chi connectivity index (χ1n) is 12.5. The number of fused-ring (bicyclic) bond motifs is 1. The number of unbranched alkanes of at least 4 members (excludes halogenated alkanes) is 3. The topological polar surface area (TPSA) is 63.6 Å². The minimum atomic E-state index is -1.17. The van der Waals surface area contributed by atoms with Gasteiger partial charge in [0.05, 0.1) is 7.11 Å². The van der Waals surface area contributed by atoms with E-state index in [1.54, 1.807) is 26.1 Å². The minimum absolute atomic E-state index is 0.117. The number of rotatable bonds is 11. The third-order valence-electron chi connectivity index (χ3n) is 6.71. The Balaban J connectivity index is 2.32. The van der Waals surface area contributed by atoms with Crippen molar-refractivity contribution >= 4 is 22.7 Å². The number of benzene rings is 2. The highest BCUT2D eigenvalue weighted by Gasteiger charge is 2.45. The summed E-state index contributed by atoms with van der Waals surface area (Å²) in [5.74, 6) is 0.381. The second kappa shape index (κ2) is 11.4. The summed E-state index contributed by atoms with van der Waals surface area (Å²) >= 11 is 0. The predicted octanol–water partition coefficient (Wildman–Crippen LogP) is 5.40. The van der Waals surface area contributed by atoms with Gasteiger partial charge < -0.3 is 19.5 Å². The van der Waals surface area contributed by atoms with Gasteiger partial charge in [-0.1, -0.05) is 62.9 Å². The Labute approximate surface area is 209 Å². The van der Waals surface area contributed by atoms with Gasteiger partial charge in [0.15, 0.2) is 0 Å². The van der Waals surface area contributed by atoms with E-state index in [4.69, 9.17) is 4.74 Å². The largest absolute Gasteiger partial charge is 0.497 e. The fourth-order valence-electron chi connectivity index (χ4n) is 5.11. The van der Waals surface area contributed by atoms with Crippen LogP contribution in [0.15, 0.2) is 48.5 Å². The van der Waals surface area contributed by atoms with Gasteiger partial charge in [-0.3, -0.25) is 9.59 Å². The minimum Gasteiger partial charge on any atom is -0.497 e. The van der Waals surface area contributed by atoms with Gasteiger partial charge in [-0.25, -0.2) is 0 Å². The number of methoxy groups -OCH3 is 1. The third-order valence-corrected chi connectivity index (χ3v) is 6.71. The number of hydrogen-bond acceptors (Lipinski definition) is 3. The van der Waals surface area contributed by atoms with Gasteiger partial charge in [-0.2, -0.15) is 0 Å². The van der Waals surface area contributed by atoms with E-state index in [1.165, 1.54) is 12.5 Å². The molecular formula is C29H39N3O3. The summed E-state index contributed by atoms with van der Waals surface area (Å²) in [7, 11) is 5.15. The zero-order valence-corrected chi connectivity index (χ0v) is 22.0. The van der Waals surface area contributed by atoms with Gasteiger partial charge in [-0.05, 0) is 37.1 Å². The van der Waals surface area contributed by atoms with Crippen molar-refractivity contribution < 1.29 is 14.3 Å². The van der Waals surface area contributed by atoms with E-state index in [0.29, 0.717) is 13.0 Å². The molecule has 0 spiro atoms. The first kappa shape index (κ1) is 26.3. The van der Waals surface area contributed by atoms with Crippen LogP contribution in [0.1, 0.15) is 62.8 Å². The first-order valence-corrected chi connectivity index (χ1v) is 12.5. The molecule has 0 aliphatic heterocycles. The highest BCUT2D eigenvalue weighted by Crippen LogP contribution is 2.40. The normalized spacial score (nSPS) is 12.9. The summed E-state index contributed by atoms with van der Waals surface area (Å²) < 4.78 is 7.81. The van der Waals surface area contributed by atoms with E-state index < -0.39 is 5.54 Å². The van der Waals surface area contributed by atoms with Crippen LogP contribution in [-0.4, -0.2) is 42.5 Å². The lowest BCUT2D eigenvalue weighted by atomic mass is 9.81. The number of nitrogens with one attached hydrogen (secondary N) is 1. The molecule has 2 amide bonds. The fourth-order valence-corrected chi connectivity index (χ4v) is 5.11. The van der Waals surface area contributed by atoms with Crippen molar-refractivity contribution in [3.05, 3.63) is 65.4 Å². The van der Waals surface area contributed by atoms with E-state index in [-0.39, 0.29) is 11.8 Å². The van der Waals surface area contributed by atoms with Crippen molar-refractivity contribution in [3.63, 3.8) is 0 Å². The highest BCUT2D eigenvalue weighted by atomic mass is 16.5. The maximum Gasteiger partial charge on any atom is 0.252 e. The number of carbonyl (C=O) groups is 2. The molecule has 1 aromatic heterocycles. The van der Waals surface area contributed by atoms with Gasteiger partial charge in [0, 0.05) is 49.7 Å². The maximum absolute atomic E-state index is 14.0. The maximum atomic E-state index is 14.0. The van der Waals surface area contributed by atoms with Crippen LogP contribution in [-0.2, 0) is 21.7 Å². The SMILES string of the molecule is CCCCCCC(NC(C)=O)(C(=O)N(C)C)c1c(C)n(Cc2ccccc2)c2ccc(OC)cc12. The molecule has 6 nitrogen and oxygen atoms in total. The van der Waals surface area contributed by atoms with E-state index in [1.807, 2.05) is 36.4 Å². The van der Waals surface area contributed by atoms with Crippen molar-refractivity contribution in [1.29, 1.82) is 0 Å². The van der Waals surface area contributed by atoms with E-state index >= 15 is 0 Å². The summed E-state index contributed by atoms with van der Waals surface area (Å²) in [5, 5.41) is 4.06. The molecule has 0 saturated carbocycles. The lowest BCUT2D eigenvalue weighted by Crippen LogP contribution is -2.55.